The number of hydrogen-bond acceptors (Lipinski definition) is 2. The van der Waals surface area contributed by atoms with E-state index in [1.165, 1.54) is 12.8 Å². The fourth-order valence-electron chi connectivity index (χ4n) is 2.27. The average Bonchev–Trinajstić information content (AvgIpc) is 3.02. The summed E-state index contributed by atoms with van der Waals surface area (Å²) in [5, 5.41) is 3.20. The minimum absolute atomic E-state index is 0. The Morgan fingerprint density at radius 2 is 1.87 bits per heavy atom. The van der Waals surface area contributed by atoms with Crippen LogP contribution in [0.2, 0.25) is 0 Å². The van der Waals surface area contributed by atoms with E-state index in [-0.39, 0.29) is 36.4 Å². The third-order valence-corrected chi connectivity index (χ3v) is 4.16. The van der Waals surface area contributed by atoms with Gasteiger partial charge in [0.2, 0.25) is 5.91 Å². The van der Waals surface area contributed by atoms with Gasteiger partial charge < -0.3 is 15.1 Å². The van der Waals surface area contributed by atoms with E-state index < -0.39 is 0 Å². The van der Waals surface area contributed by atoms with Crippen LogP contribution in [0.15, 0.2) is 33.7 Å². The van der Waals surface area contributed by atoms with Gasteiger partial charge in [-0.3, -0.25) is 4.79 Å². The molecule has 5 nitrogen and oxygen atoms in total. The number of likely N-dealkylation sites (tertiary alicyclic amines) is 1. The van der Waals surface area contributed by atoms with Gasteiger partial charge in [0, 0.05) is 31.7 Å². The zero-order valence-corrected chi connectivity index (χ0v) is 17.5. The molecule has 1 fully saturated rings. The van der Waals surface area contributed by atoms with E-state index in [1.807, 2.05) is 12.1 Å². The summed E-state index contributed by atoms with van der Waals surface area (Å²) >= 11 is 3.44. The quantitative estimate of drug-likeness (QED) is 0.397. The van der Waals surface area contributed by atoms with Crippen molar-refractivity contribution in [2.24, 2.45) is 4.99 Å². The summed E-state index contributed by atoms with van der Waals surface area (Å²) in [7, 11) is 3.52. The molecule has 128 valence electrons. The molecule has 0 spiro atoms. The Labute approximate surface area is 163 Å². The lowest BCUT2D eigenvalue weighted by atomic mass is 10.2. The molecule has 1 heterocycles. The smallest absolute Gasteiger partial charge is 0.241 e. The standard InChI is InChI=1S/C16H23BrN4O.HI/c1-20(2)15(22)12-19-16(21-9-3-4-10-21)18-11-13-5-7-14(17)8-6-13;/h5-8H,3-4,9-12H2,1-2H3,(H,18,19);1H. The molecule has 0 unspecified atom stereocenters. The summed E-state index contributed by atoms with van der Waals surface area (Å²) in [6.45, 7) is 2.90. The molecule has 1 aromatic carbocycles. The number of rotatable bonds is 4. The number of halogens is 2. The summed E-state index contributed by atoms with van der Waals surface area (Å²) < 4.78 is 1.06. The van der Waals surface area contributed by atoms with Crippen LogP contribution in [0.3, 0.4) is 0 Å². The first-order valence-corrected chi connectivity index (χ1v) is 8.33. The highest BCUT2D eigenvalue weighted by molar-refractivity contribution is 14.0. The van der Waals surface area contributed by atoms with Crippen LogP contribution in [0.1, 0.15) is 18.4 Å². The number of benzene rings is 1. The summed E-state index contributed by atoms with van der Waals surface area (Å²) in [4.78, 5) is 20.3. The van der Waals surface area contributed by atoms with Crippen molar-refractivity contribution in [3.63, 3.8) is 0 Å². The first-order valence-electron chi connectivity index (χ1n) is 7.54. The number of aliphatic imine (C=N–C) groups is 1. The normalized spacial score (nSPS) is 14.4. The topological polar surface area (TPSA) is 47.9 Å². The molecule has 7 heteroatoms. The van der Waals surface area contributed by atoms with Gasteiger partial charge in [0.15, 0.2) is 5.96 Å². The summed E-state index contributed by atoms with van der Waals surface area (Å²) in [6.07, 6.45) is 2.36. The molecule has 0 aliphatic carbocycles. The Bertz CT molecular complexity index is 527. The van der Waals surface area contributed by atoms with Gasteiger partial charge in [0.1, 0.15) is 0 Å². The zero-order chi connectivity index (χ0) is 15.9. The Hall–Kier alpha value is -0.830. The van der Waals surface area contributed by atoms with Crippen molar-refractivity contribution in [1.29, 1.82) is 0 Å². The fraction of sp³-hybridized carbons (Fsp3) is 0.500. The van der Waals surface area contributed by atoms with Gasteiger partial charge >= 0.3 is 0 Å². The zero-order valence-electron chi connectivity index (χ0n) is 13.6. The molecule has 0 aromatic heterocycles. The van der Waals surface area contributed by atoms with Gasteiger partial charge in [-0.2, -0.15) is 0 Å². The monoisotopic (exact) mass is 494 g/mol. The largest absolute Gasteiger partial charge is 0.347 e. The van der Waals surface area contributed by atoms with Crippen LogP contribution in [-0.2, 0) is 11.3 Å². The molecular formula is C16H24BrIN4O. The molecule has 1 amide bonds. The van der Waals surface area contributed by atoms with Crippen LogP contribution in [0.5, 0.6) is 0 Å². The number of hydrogen-bond donors (Lipinski definition) is 1. The highest BCUT2D eigenvalue weighted by atomic mass is 127. The number of guanidine groups is 1. The van der Waals surface area contributed by atoms with Crippen molar-refractivity contribution < 1.29 is 4.79 Å². The van der Waals surface area contributed by atoms with Crippen LogP contribution in [0, 0.1) is 0 Å². The molecule has 1 aromatic rings. The molecule has 2 rings (SSSR count). The lowest BCUT2D eigenvalue weighted by Gasteiger charge is -2.22. The van der Waals surface area contributed by atoms with Crippen molar-refractivity contribution in [3.8, 4) is 0 Å². The molecule has 1 aliphatic rings. The molecule has 0 bridgehead atoms. The van der Waals surface area contributed by atoms with Crippen LogP contribution in [0.25, 0.3) is 0 Å². The van der Waals surface area contributed by atoms with Gasteiger partial charge in [-0.05, 0) is 30.5 Å². The average molecular weight is 495 g/mol. The molecule has 1 saturated heterocycles. The summed E-state index contributed by atoms with van der Waals surface area (Å²) in [6, 6.07) is 8.15. The predicted octanol–water partition coefficient (Wildman–Crippen LogP) is 2.70. The van der Waals surface area contributed by atoms with Gasteiger partial charge in [0.05, 0.1) is 13.1 Å². The van der Waals surface area contributed by atoms with E-state index in [0.717, 1.165) is 29.1 Å². The maximum absolute atomic E-state index is 11.8. The van der Waals surface area contributed by atoms with E-state index in [9.17, 15) is 4.79 Å². The van der Waals surface area contributed by atoms with E-state index in [0.29, 0.717) is 6.54 Å². The van der Waals surface area contributed by atoms with Crippen molar-refractivity contribution in [3.05, 3.63) is 34.3 Å². The molecule has 1 N–H and O–H groups in total. The van der Waals surface area contributed by atoms with Gasteiger partial charge in [0.25, 0.3) is 0 Å². The third kappa shape index (κ3) is 6.66. The second-order valence-electron chi connectivity index (χ2n) is 5.60. The van der Waals surface area contributed by atoms with Crippen molar-refractivity contribution in [2.45, 2.75) is 19.4 Å². The van der Waals surface area contributed by atoms with Crippen LogP contribution in [0.4, 0.5) is 0 Å². The molecule has 1 aliphatic heterocycles. The van der Waals surface area contributed by atoms with Crippen LogP contribution >= 0.6 is 39.9 Å². The third-order valence-electron chi connectivity index (χ3n) is 3.63. The fourth-order valence-corrected chi connectivity index (χ4v) is 2.53. The Morgan fingerprint density at radius 3 is 2.43 bits per heavy atom. The Balaban J connectivity index is 0.00000264. The van der Waals surface area contributed by atoms with E-state index >= 15 is 0 Å². The van der Waals surface area contributed by atoms with Gasteiger partial charge in [-0.15, -0.1) is 24.0 Å². The number of nitrogens with zero attached hydrogens (tertiary/aromatic N) is 3. The minimum atomic E-state index is 0. The molecule has 0 radical (unpaired) electrons. The minimum Gasteiger partial charge on any atom is -0.347 e. The second kappa shape index (κ2) is 10.1. The number of carbonyl (C=O) groups excluding carboxylic acids is 1. The number of likely N-dealkylation sites (N-methyl/N-ethyl adjacent to an activating group) is 1. The lowest BCUT2D eigenvalue weighted by Crippen LogP contribution is -2.44. The van der Waals surface area contributed by atoms with E-state index in [1.54, 1.807) is 19.0 Å². The van der Waals surface area contributed by atoms with Gasteiger partial charge in [-0.1, -0.05) is 28.1 Å². The summed E-state index contributed by atoms with van der Waals surface area (Å²) in [5.41, 5.74) is 1.15. The molecule has 0 saturated carbocycles. The first-order chi connectivity index (χ1) is 10.6. The number of carbonyl (C=O) groups is 1. The van der Waals surface area contributed by atoms with E-state index in [2.05, 4.69) is 43.3 Å². The Morgan fingerprint density at radius 1 is 1.26 bits per heavy atom. The maximum atomic E-state index is 11.8. The van der Waals surface area contributed by atoms with Crippen molar-refractivity contribution in [1.82, 2.24) is 15.1 Å². The Kier molecular flexibility index (Phi) is 8.90. The maximum Gasteiger partial charge on any atom is 0.241 e. The second-order valence-corrected chi connectivity index (χ2v) is 6.52. The van der Waals surface area contributed by atoms with Crippen molar-refractivity contribution in [2.75, 3.05) is 33.7 Å². The number of nitrogens with one attached hydrogen (secondary N) is 1. The number of amides is 1. The lowest BCUT2D eigenvalue weighted by molar-refractivity contribution is -0.127. The molecule has 0 atom stereocenters. The van der Waals surface area contributed by atoms with E-state index in [4.69, 9.17) is 0 Å². The molecule has 23 heavy (non-hydrogen) atoms. The summed E-state index contributed by atoms with van der Waals surface area (Å²) in [5.74, 6) is 0.881. The van der Waals surface area contributed by atoms with Crippen LogP contribution in [-0.4, -0.2) is 55.4 Å². The predicted molar refractivity (Wildman–Crippen MR) is 108 cm³/mol. The first kappa shape index (κ1) is 20.2. The molecular weight excluding hydrogens is 471 g/mol. The van der Waals surface area contributed by atoms with Crippen molar-refractivity contribution >= 4 is 51.8 Å². The SMILES string of the molecule is CN(C)C(=O)CNC(=NCc1ccc(Br)cc1)N1CCCC1.I. The highest BCUT2D eigenvalue weighted by Gasteiger charge is 2.17. The van der Waals surface area contributed by atoms with Gasteiger partial charge in [-0.25, -0.2) is 4.99 Å². The highest BCUT2D eigenvalue weighted by Crippen LogP contribution is 2.12. The van der Waals surface area contributed by atoms with Crippen LogP contribution < -0.4 is 5.32 Å².